The van der Waals surface area contributed by atoms with Gasteiger partial charge >= 0.3 is 53.7 Å². The van der Waals surface area contributed by atoms with E-state index in [4.69, 9.17) is 56.8 Å². The molecule has 1 heterocycles. The van der Waals surface area contributed by atoms with Gasteiger partial charge < -0.3 is 77.3 Å². The summed E-state index contributed by atoms with van der Waals surface area (Å²) >= 11 is 0. The molecule has 0 amide bonds. The summed E-state index contributed by atoms with van der Waals surface area (Å²) in [6.45, 7) is -1.38. The highest BCUT2D eigenvalue weighted by Crippen LogP contribution is 2.33. The summed E-state index contributed by atoms with van der Waals surface area (Å²) in [4.78, 5) is 126. The zero-order valence-electron chi connectivity index (χ0n) is 54.0. The molecule has 0 aromatic heterocycles. The van der Waals surface area contributed by atoms with E-state index < -0.39 is 166 Å². The third-order valence-corrected chi connectivity index (χ3v) is 15.4. The van der Waals surface area contributed by atoms with Crippen LogP contribution in [-0.4, -0.2) is 174 Å². The molecule has 0 spiro atoms. The molecule has 0 saturated carbocycles. The summed E-state index contributed by atoms with van der Waals surface area (Å²) in [7, 11) is 0. The number of carbonyl (C=O) groups excluding carboxylic acids is 9. The van der Waals surface area contributed by atoms with E-state index in [2.05, 4.69) is 0 Å². The highest BCUT2D eigenvalue weighted by Gasteiger charge is 2.54. The van der Waals surface area contributed by atoms with Gasteiger partial charge in [-0.05, 0) is 97.1 Å². The number of carbonyl (C=O) groups is 9. The van der Waals surface area contributed by atoms with Gasteiger partial charge in [-0.1, -0.05) is 146 Å². The van der Waals surface area contributed by atoms with Gasteiger partial charge in [0.15, 0.2) is 49.4 Å². The molecule has 1 saturated heterocycles. The van der Waals surface area contributed by atoms with Gasteiger partial charge in [0.1, 0.15) is 37.1 Å². The third kappa shape index (κ3) is 21.1. The lowest BCUT2D eigenvalue weighted by Gasteiger charge is -2.45. The molecule has 524 valence electrons. The minimum atomic E-state index is -2.80. The van der Waals surface area contributed by atoms with Crippen LogP contribution < -0.4 is 0 Å². The van der Waals surface area contributed by atoms with Crippen molar-refractivity contribution in [2.75, 3.05) is 19.8 Å². The van der Waals surface area contributed by atoms with Crippen LogP contribution in [-0.2, 0) is 61.6 Å². The second-order valence-corrected chi connectivity index (χ2v) is 22.5. The molecule has 0 radical (unpaired) electrons. The fourth-order valence-corrected chi connectivity index (χ4v) is 10.4. The van der Waals surface area contributed by atoms with Crippen LogP contribution in [0.2, 0.25) is 0 Å². The van der Waals surface area contributed by atoms with Crippen LogP contribution in [0.25, 0.3) is 0 Å². The Morgan fingerprint density at radius 1 is 0.366 bits per heavy atom. The van der Waals surface area contributed by atoms with Crippen molar-refractivity contribution < 1.29 is 120 Å². The largest absolute Gasteiger partial charge is 0.462 e. The number of hydrogen-bond acceptors (Lipinski definition) is 25. The average molecular weight is 1380 g/mol. The normalized spacial score (nSPS) is 17.7. The minimum absolute atomic E-state index is 0.0160. The fraction of sp³-hybridized carbons (Fsp3) is 0.250. The van der Waals surface area contributed by atoms with Gasteiger partial charge in [0.05, 0.1) is 57.7 Å². The molecule has 9 rings (SSSR count). The summed E-state index contributed by atoms with van der Waals surface area (Å²) in [6.07, 6.45) is -29.9. The van der Waals surface area contributed by atoms with Gasteiger partial charge in [0.25, 0.3) is 0 Å². The molecule has 101 heavy (non-hydrogen) atoms. The lowest BCUT2D eigenvalue weighted by molar-refractivity contribution is -0.329. The summed E-state index contributed by atoms with van der Waals surface area (Å²) in [6, 6.07) is 59.5. The molecule has 8 aromatic rings. The molecule has 1 aliphatic rings. The van der Waals surface area contributed by atoms with Crippen molar-refractivity contribution in [3.8, 4) is 0 Å². The van der Waals surface area contributed by atoms with Crippen LogP contribution in [0.3, 0.4) is 0 Å². The van der Waals surface area contributed by atoms with E-state index in [1.54, 1.807) is 72.8 Å². The number of aliphatic hydroxyl groups is 4. The molecular formula is C76H70O25. The maximum absolute atomic E-state index is 14.4. The Kier molecular flexibility index (Phi) is 27.1. The van der Waals surface area contributed by atoms with Crippen molar-refractivity contribution in [1.82, 2.24) is 0 Å². The van der Waals surface area contributed by atoms with Gasteiger partial charge in [-0.3, -0.25) is 4.79 Å². The maximum Gasteiger partial charge on any atom is 0.338 e. The summed E-state index contributed by atoms with van der Waals surface area (Å²) in [5.74, 6) is -9.56. The summed E-state index contributed by atoms with van der Waals surface area (Å²) in [5.41, 5.74) is -0.292. The molecule has 4 N–H and O–H groups in total. The first-order valence-corrected chi connectivity index (χ1v) is 31.7. The molecule has 0 aliphatic carbocycles. The first-order chi connectivity index (χ1) is 48.9. The van der Waals surface area contributed by atoms with Crippen LogP contribution in [0.15, 0.2) is 243 Å². The number of hydrogen-bond donors (Lipinski definition) is 4. The predicted octanol–water partition coefficient (Wildman–Crippen LogP) is 7.88. The molecule has 12 unspecified atom stereocenters. The van der Waals surface area contributed by atoms with Crippen molar-refractivity contribution in [2.45, 2.75) is 99.7 Å². The van der Waals surface area contributed by atoms with Crippen molar-refractivity contribution in [3.63, 3.8) is 0 Å². The molecule has 12 atom stereocenters. The average Bonchev–Trinajstić information content (AvgIpc) is 0.784. The zero-order valence-corrected chi connectivity index (χ0v) is 54.0. The number of benzene rings is 8. The Balaban J connectivity index is 1.11. The molecule has 0 bridgehead atoms. The zero-order chi connectivity index (χ0) is 71.6. The molecule has 1 fully saturated rings. The second-order valence-electron chi connectivity index (χ2n) is 22.5. The van der Waals surface area contributed by atoms with Gasteiger partial charge in [-0.15, -0.1) is 0 Å². The lowest BCUT2D eigenvalue weighted by Crippen LogP contribution is -2.64. The Hall–Kier alpha value is -11.3. The van der Waals surface area contributed by atoms with Gasteiger partial charge in [-0.2, -0.15) is 0 Å². The van der Waals surface area contributed by atoms with E-state index in [1.165, 1.54) is 170 Å². The van der Waals surface area contributed by atoms with E-state index in [9.17, 15) is 63.6 Å². The Bertz CT molecular complexity index is 3980. The van der Waals surface area contributed by atoms with Crippen LogP contribution in [0.4, 0.5) is 0 Å². The standard InChI is InChI=1S/C76H70O25/c1-47(77)93-56(42-45-91-75(89)65(100-74(88)55-40-24-9-25-41-55)62(97-71(85)52-34-18-6-19-35-52)57(94-69(83)50-30-14-4-15-31-50)43-44-90-67(81)48-26-10-2-11-27-48)61(64(66(79)80)99-73(87)54-38-22-8-23-39-54)101-76-63(98-72(86)53-36-20-7-21-37-53)59(78)60(96-70(84)51-32-16-5-17-33-51)58(95-76)46-92-68(82)49-28-12-3-13-29-49/h2-41,56-66,75-76,78-80,89H,42-46H2,1H3. The van der Waals surface area contributed by atoms with Crippen molar-refractivity contribution in [1.29, 1.82) is 0 Å². The van der Waals surface area contributed by atoms with Crippen molar-refractivity contribution in [2.24, 2.45) is 0 Å². The lowest BCUT2D eigenvalue weighted by atomic mass is 9.97. The SMILES string of the molecule is CC(=O)OC(CCOC(O)C(OC(=O)c1ccccc1)C(OC(=O)c1ccccc1)C(CCOC(=O)c1ccccc1)OC(=O)c1ccccc1)C(OC1OC(COC(=O)c2ccccc2)C(OC(=O)c2ccccc2)C(O)C1OC(=O)c1ccccc1)C(OC(=O)c1ccccc1)C(O)O. The topological polar surface area (TPSA) is 345 Å². The van der Waals surface area contributed by atoms with Crippen LogP contribution in [0.5, 0.6) is 0 Å². The second kappa shape index (κ2) is 37.1. The fourth-order valence-electron chi connectivity index (χ4n) is 10.4. The maximum atomic E-state index is 14.4. The first kappa shape index (κ1) is 73.9. The van der Waals surface area contributed by atoms with E-state index in [0.717, 1.165) is 6.92 Å². The van der Waals surface area contributed by atoms with Gasteiger partial charge in [0, 0.05) is 19.8 Å². The first-order valence-electron chi connectivity index (χ1n) is 31.7. The Morgan fingerprint density at radius 2 is 0.693 bits per heavy atom. The predicted molar refractivity (Wildman–Crippen MR) is 352 cm³/mol. The highest BCUT2D eigenvalue weighted by atomic mass is 16.7. The Morgan fingerprint density at radius 3 is 1.09 bits per heavy atom. The summed E-state index contributed by atoms with van der Waals surface area (Å²) in [5, 5.41) is 48.0. The number of ether oxygens (including phenoxy) is 12. The van der Waals surface area contributed by atoms with Crippen molar-refractivity contribution >= 4 is 53.7 Å². The van der Waals surface area contributed by atoms with Crippen molar-refractivity contribution in [3.05, 3.63) is 287 Å². The highest BCUT2D eigenvalue weighted by molar-refractivity contribution is 5.93. The van der Waals surface area contributed by atoms with Crippen LogP contribution in [0, 0.1) is 0 Å². The molecule has 25 nitrogen and oxygen atoms in total. The molecule has 8 aromatic carbocycles. The quantitative estimate of drug-likeness (QED) is 0.0177. The number of esters is 9. The molecule has 1 aliphatic heterocycles. The monoisotopic (exact) mass is 1380 g/mol. The number of rotatable bonds is 32. The van der Waals surface area contributed by atoms with Gasteiger partial charge in [0.2, 0.25) is 0 Å². The smallest absolute Gasteiger partial charge is 0.338 e. The van der Waals surface area contributed by atoms with Gasteiger partial charge in [-0.25, -0.2) is 38.4 Å². The van der Waals surface area contributed by atoms with Crippen LogP contribution in [0.1, 0.15) is 103 Å². The number of aliphatic hydroxyl groups excluding tert-OH is 3. The van der Waals surface area contributed by atoms with Crippen LogP contribution >= 0.6 is 0 Å². The van der Waals surface area contributed by atoms with E-state index in [0.29, 0.717) is 0 Å². The molecular weight excluding hydrogens is 1310 g/mol. The molecule has 25 heteroatoms. The van der Waals surface area contributed by atoms with E-state index in [-0.39, 0.29) is 44.5 Å². The van der Waals surface area contributed by atoms with E-state index >= 15 is 0 Å². The third-order valence-electron chi connectivity index (χ3n) is 15.4. The summed E-state index contributed by atoms with van der Waals surface area (Å²) < 4.78 is 72.1. The Labute approximate surface area is 578 Å². The minimum Gasteiger partial charge on any atom is -0.462 e. The van der Waals surface area contributed by atoms with E-state index in [1.807, 2.05) is 0 Å².